The Morgan fingerprint density at radius 2 is 2.30 bits per heavy atom. The van der Waals surface area contributed by atoms with Crippen LogP contribution in [0.1, 0.15) is 23.2 Å². The lowest BCUT2D eigenvalue weighted by Crippen LogP contribution is -2.72. The molecule has 20 heavy (non-hydrogen) atoms. The van der Waals surface area contributed by atoms with Crippen LogP contribution in [0.5, 0.6) is 5.75 Å². The van der Waals surface area contributed by atoms with E-state index in [9.17, 15) is 9.90 Å². The molecule has 1 amide bonds. The minimum Gasteiger partial charge on any atom is -0.508 e. The van der Waals surface area contributed by atoms with E-state index in [2.05, 4.69) is 5.32 Å². The summed E-state index contributed by atoms with van der Waals surface area (Å²) < 4.78 is 5.67. The van der Waals surface area contributed by atoms with Gasteiger partial charge in [-0.05, 0) is 31.0 Å². The second-order valence-electron chi connectivity index (χ2n) is 5.38. The first-order valence-electron chi connectivity index (χ1n) is 6.74. The van der Waals surface area contributed by atoms with Gasteiger partial charge in [0.1, 0.15) is 5.75 Å². The number of benzene rings is 1. The van der Waals surface area contributed by atoms with Gasteiger partial charge in [-0.2, -0.15) is 0 Å². The van der Waals surface area contributed by atoms with Crippen molar-refractivity contribution in [2.24, 2.45) is 11.7 Å². The molecular weight excluding hydrogens is 280 g/mol. The summed E-state index contributed by atoms with van der Waals surface area (Å²) in [6.45, 7) is 0.715. The number of amides is 1. The largest absolute Gasteiger partial charge is 0.508 e. The van der Waals surface area contributed by atoms with E-state index in [4.69, 9.17) is 22.1 Å². The maximum atomic E-state index is 12.2. The van der Waals surface area contributed by atoms with Crippen molar-refractivity contribution >= 4 is 17.5 Å². The van der Waals surface area contributed by atoms with Crippen molar-refractivity contribution in [3.8, 4) is 5.75 Å². The lowest BCUT2D eigenvalue weighted by atomic mass is 9.68. The number of hydrogen-bond donors (Lipinski definition) is 3. The third-order valence-corrected chi connectivity index (χ3v) is 4.50. The number of phenolic OH excluding ortho intramolecular Hbond substituents is 1. The summed E-state index contributed by atoms with van der Waals surface area (Å²) in [5.74, 6) is -0.00285. The summed E-state index contributed by atoms with van der Waals surface area (Å²) >= 11 is 5.98. The number of nitrogens with two attached hydrogens (primary N) is 1. The van der Waals surface area contributed by atoms with E-state index < -0.39 is 0 Å². The number of hydrogen-bond acceptors (Lipinski definition) is 4. The van der Waals surface area contributed by atoms with Crippen LogP contribution in [0.2, 0.25) is 5.02 Å². The summed E-state index contributed by atoms with van der Waals surface area (Å²) in [7, 11) is 0. The maximum absolute atomic E-state index is 12.2. The molecular formula is C14H17ClN2O3. The molecule has 1 aliphatic heterocycles. The van der Waals surface area contributed by atoms with Crippen LogP contribution < -0.4 is 11.1 Å². The Bertz CT molecular complexity index is 537. The number of ether oxygens (including phenoxy) is 1. The van der Waals surface area contributed by atoms with Crippen LogP contribution in [0.15, 0.2) is 18.2 Å². The Morgan fingerprint density at radius 3 is 3.10 bits per heavy atom. The van der Waals surface area contributed by atoms with Gasteiger partial charge in [-0.15, -0.1) is 0 Å². The SMILES string of the molecule is NC1C2CCCOC2C1NC(=O)c1cc(O)ccc1Cl. The van der Waals surface area contributed by atoms with Gasteiger partial charge in [0.05, 0.1) is 22.7 Å². The highest BCUT2D eigenvalue weighted by Crippen LogP contribution is 2.37. The fraction of sp³-hybridized carbons (Fsp3) is 0.500. The monoisotopic (exact) mass is 296 g/mol. The van der Waals surface area contributed by atoms with Gasteiger partial charge in [-0.25, -0.2) is 0 Å². The van der Waals surface area contributed by atoms with Gasteiger partial charge < -0.3 is 20.9 Å². The molecule has 2 aliphatic rings. The number of aromatic hydroxyl groups is 1. The molecule has 1 saturated heterocycles. The normalized spacial score (nSPS) is 32.1. The molecule has 1 aromatic carbocycles. The van der Waals surface area contributed by atoms with Crippen molar-refractivity contribution in [3.63, 3.8) is 0 Å². The second kappa shape index (κ2) is 5.24. The Kier molecular flexibility index (Phi) is 3.58. The van der Waals surface area contributed by atoms with Crippen LogP contribution >= 0.6 is 11.6 Å². The molecule has 6 heteroatoms. The van der Waals surface area contributed by atoms with Crippen molar-refractivity contribution in [2.45, 2.75) is 31.0 Å². The molecule has 0 spiro atoms. The van der Waals surface area contributed by atoms with E-state index in [-0.39, 0.29) is 35.4 Å². The van der Waals surface area contributed by atoms with Gasteiger partial charge >= 0.3 is 0 Å². The molecule has 3 rings (SSSR count). The number of carbonyl (C=O) groups excluding carboxylic acids is 1. The number of halogens is 1. The standard InChI is InChI=1S/C14H17ClN2O3/c15-10-4-3-7(18)6-9(10)14(19)17-12-11(16)8-2-1-5-20-13(8)12/h3-4,6,8,11-13,18H,1-2,5,16H2,(H,17,19). The minimum absolute atomic E-state index is 0.00113. The maximum Gasteiger partial charge on any atom is 0.253 e. The average molecular weight is 297 g/mol. The van der Waals surface area contributed by atoms with Gasteiger partial charge in [-0.1, -0.05) is 11.6 Å². The van der Waals surface area contributed by atoms with Crippen molar-refractivity contribution in [1.29, 1.82) is 0 Å². The predicted octanol–water partition coefficient (Wildman–Crippen LogP) is 1.28. The molecule has 5 nitrogen and oxygen atoms in total. The minimum atomic E-state index is -0.334. The molecule has 4 atom stereocenters. The second-order valence-corrected chi connectivity index (χ2v) is 5.79. The van der Waals surface area contributed by atoms with Crippen LogP contribution in [0.3, 0.4) is 0 Å². The van der Waals surface area contributed by atoms with Gasteiger partial charge in [0.15, 0.2) is 0 Å². The predicted molar refractivity (Wildman–Crippen MR) is 74.8 cm³/mol. The number of carbonyl (C=O) groups is 1. The van der Waals surface area contributed by atoms with E-state index in [0.29, 0.717) is 17.5 Å². The summed E-state index contributed by atoms with van der Waals surface area (Å²) in [6, 6.07) is 4.01. The Balaban J connectivity index is 1.71. The molecule has 1 aromatic rings. The highest BCUT2D eigenvalue weighted by Gasteiger charge is 2.51. The van der Waals surface area contributed by atoms with Gasteiger partial charge in [0.2, 0.25) is 0 Å². The number of phenols is 1. The number of rotatable bonds is 2. The van der Waals surface area contributed by atoms with E-state index in [1.165, 1.54) is 18.2 Å². The fourth-order valence-electron chi connectivity index (χ4n) is 3.04. The number of nitrogens with one attached hydrogen (secondary N) is 1. The first-order valence-corrected chi connectivity index (χ1v) is 7.12. The van der Waals surface area contributed by atoms with Crippen molar-refractivity contribution < 1.29 is 14.6 Å². The molecule has 2 fully saturated rings. The first kappa shape index (κ1) is 13.7. The third kappa shape index (κ3) is 2.26. The first-order chi connectivity index (χ1) is 9.58. The Labute approximate surface area is 122 Å². The van der Waals surface area contributed by atoms with Gasteiger partial charge in [0.25, 0.3) is 5.91 Å². The van der Waals surface area contributed by atoms with Crippen molar-refractivity contribution in [2.75, 3.05) is 6.61 Å². The van der Waals surface area contributed by atoms with Crippen LogP contribution in [0.25, 0.3) is 0 Å². The van der Waals surface area contributed by atoms with E-state index in [1.807, 2.05) is 0 Å². The van der Waals surface area contributed by atoms with Crippen molar-refractivity contribution in [1.82, 2.24) is 5.32 Å². The van der Waals surface area contributed by atoms with Gasteiger partial charge in [0, 0.05) is 18.6 Å². The van der Waals surface area contributed by atoms with Crippen LogP contribution in [-0.2, 0) is 4.74 Å². The van der Waals surface area contributed by atoms with E-state index >= 15 is 0 Å². The van der Waals surface area contributed by atoms with E-state index in [0.717, 1.165) is 12.8 Å². The Morgan fingerprint density at radius 1 is 1.50 bits per heavy atom. The van der Waals surface area contributed by atoms with Gasteiger partial charge in [-0.3, -0.25) is 4.79 Å². The molecule has 1 saturated carbocycles. The molecule has 1 aliphatic carbocycles. The molecule has 0 bridgehead atoms. The zero-order valence-corrected chi connectivity index (χ0v) is 11.6. The summed E-state index contributed by atoms with van der Waals surface area (Å²) in [4.78, 5) is 12.2. The molecule has 0 aromatic heterocycles. The lowest BCUT2D eigenvalue weighted by Gasteiger charge is -2.52. The average Bonchev–Trinajstić information content (AvgIpc) is 2.46. The van der Waals surface area contributed by atoms with E-state index in [1.54, 1.807) is 0 Å². The molecule has 108 valence electrons. The molecule has 4 N–H and O–H groups in total. The molecule has 0 radical (unpaired) electrons. The summed E-state index contributed by atoms with van der Waals surface area (Å²) in [5, 5.41) is 12.6. The highest BCUT2D eigenvalue weighted by atomic mass is 35.5. The smallest absolute Gasteiger partial charge is 0.253 e. The molecule has 4 unspecified atom stereocenters. The van der Waals surface area contributed by atoms with Crippen LogP contribution in [0.4, 0.5) is 0 Å². The molecule has 1 heterocycles. The zero-order valence-electron chi connectivity index (χ0n) is 10.9. The topological polar surface area (TPSA) is 84.6 Å². The van der Waals surface area contributed by atoms with Crippen LogP contribution in [-0.4, -0.2) is 35.8 Å². The summed E-state index contributed by atoms with van der Waals surface area (Å²) in [5.41, 5.74) is 6.34. The van der Waals surface area contributed by atoms with Crippen molar-refractivity contribution in [3.05, 3.63) is 28.8 Å². The summed E-state index contributed by atoms with van der Waals surface area (Å²) in [6.07, 6.45) is 2.07. The third-order valence-electron chi connectivity index (χ3n) is 4.17. The quantitative estimate of drug-likeness (QED) is 0.767. The number of fused-ring (bicyclic) bond motifs is 1. The highest BCUT2D eigenvalue weighted by molar-refractivity contribution is 6.33. The lowest BCUT2D eigenvalue weighted by molar-refractivity contribution is -0.117. The fourth-order valence-corrected chi connectivity index (χ4v) is 3.25. The van der Waals surface area contributed by atoms with Crippen LogP contribution in [0, 0.1) is 5.92 Å². The zero-order chi connectivity index (χ0) is 14.3. The Hall–Kier alpha value is -1.30.